The third-order valence-electron chi connectivity index (χ3n) is 7.35. The Hall–Kier alpha value is -3.28. The van der Waals surface area contributed by atoms with E-state index in [1.54, 1.807) is 0 Å². The first-order valence-corrected chi connectivity index (χ1v) is 11.2. The number of hydrogen-bond donors (Lipinski definition) is 6. The number of primary amides is 1. The minimum atomic E-state index is -2.74. The Bertz CT molecular complexity index is 1220. The molecule has 1 aromatic carbocycles. The van der Waals surface area contributed by atoms with Gasteiger partial charge < -0.3 is 31.3 Å². The molecule has 0 spiro atoms. The van der Waals surface area contributed by atoms with Gasteiger partial charge >= 0.3 is 0 Å². The number of aliphatic hydroxyl groups excluding tert-OH is 3. The number of aliphatic hydroxyl groups is 4. The molecule has 188 valence electrons. The van der Waals surface area contributed by atoms with Crippen molar-refractivity contribution in [2.45, 2.75) is 37.3 Å². The van der Waals surface area contributed by atoms with Crippen LogP contribution in [0, 0.1) is 17.7 Å². The van der Waals surface area contributed by atoms with E-state index in [1.807, 2.05) is 0 Å². The molecule has 1 aromatic rings. The van der Waals surface area contributed by atoms with Crippen molar-refractivity contribution in [2.75, 3.05) is 20.7 Å². The van der Waals surface area contributed by atoms with E-state index in [-0.39, 0.29) is 54.6 Å². The van der Waals surface area contributed by atoms with Crippen LogP contribution in [-0.4, -0.2) is 80.3 Å². The number of aromatic hydroxyl groups is 1. The number of nitrogens with zero attached hydrogens (tertiary/aromatic N) is 1. The standard InChI is InChI=1S/C24H27FN2O8/c1-27(2)17-12-7-10-6-11-13(25)8-9(4-3-5-28)18(29)15(11)19(30)14(10)21(32)24(12,35)22(33)16(20(17)31)23(26)34/h8,10,12,17,28-30,33,35H,3-7H2,1-2H3,(H2,26,34)/t10-,12-,17-,24-/m0/s1. The predicted octanol–water partition coefficient (Wildman–Crippen LogP) is 0.0280. The lowest BCUT2D eigenvalue weighted by atomic mass is 9.57. The Morgan fingerprint density at radius 3 is 2.49 bits per heavy atom. The van der Waals surface area contributed by atoms with Crippen molar-refractivity contribution in [3.05, 3.63) is 45.5 Å². The average Bonchev–Trinajstić information content (AvgIpc) is 2.77. The summed E-state index contributed by atoms with van der Waals surface area (Å²) in [7, 11) is 3.00. The summed E-state index contributed by atoms with van der Waals surface area (Å²) in [5, 5.41) is 53.2. The van der Waals surface area contributed by atoms with E-state index in [1.165, 1.54) is 19.0 Å². The van der Waals surface area contributed by atoms with E-state index in [9.17, 15) is 34.8 Å². The number of hydrogen-bond acceptors (Lipinski definition) is 9. The number of halogens is 1. The highest BCUT2D eigenvalue weighted by Crippen LogP contribution is 2.53. The van der Waals surface area contributed by atoms with Crippen molar-refractivity contribution >= 4 is 23.2 Å². The fraction of sp³-hybridized carbons (Fsp3) is 0.458. The number of carbonyl (C=O) groups is 3. The van der Waals surface area contributed by atoms with E-state index >= 15 is 4.39 Å². The number of Topliss-reactive ketones (excluding diaryl/α,β-unsaturated/α-hetero) is 2. The van der Waals surface area contributed by atoms with Gasteiger partial charge in [-0.1, -0.05) is 0 Å². The molecule has 0 radical (unpaired) electrons. The highest BCUT2D eigenvalue weighted by molar-refractivity contribution is 6.24. The largest absolute Gasteiger partial charge is 0.508 e. The monoisotopic (exact) mass is 490 g/mol. The second-order valence-electron chi connectivity index (χ2n) is 9.51. The molecule has 1 amide bonds. The normalized spacial score (nSPS) is 28.2. The molecule has 7 N–H and O–H groups in total. The summed E-state index contributed by atoms with van der Waals surface area (Å²) in [6.07, 6.45) is 0.101. The van der Waals surface area contributed by atoms with Gasteiger partial charge in [0.1, 0.15) is 28.7 Å². The van der Waals surface area contributed by atoms with Crippen LogP contribution in [0.15, 0.2) is 23.0 Å². The van der Waals surface area contributed by atoms with E-state index in [2.05, 4.69) is 0 Å². The fourth-order valence-electron chi connectivity index (χ4n) is 5.78. The number of nitrogens with two attached hydrogens (primary N) is 1. The van der Waals surface area contributed by atoms with Crippen LogP contribution in [0.5, 0.6) is 5.75 Å². The number of phenolic OH excluding ortho intramolecular Hbond substituents is 1. The summed E-state index contributed by atoms with van der Waals surface area (Å²) in [6.45, 7) is -0.209. The summed E-state index contributed by atoms with van der Waals surface area (Å²) < 4.78 is 15.0. The van der Waals surface area contributed by atoms with Crippen LogP contribution in [-0.2, 0) is 27.2 Å². The quantitative estimate of drug-likeness (QED) is 0.310. The van der Waals surface area contributed by atoms with Gasteiger partial charge in [0.15, 0.2) is 11.4 Å². The Morgan fingerprint density at radius 1 is 1.26 bits per heavy atom. The summed E-state index contributed by atoms with van der Waals surface area (Å²) in [5.74, 6) is -8.48. The van der Waals surface area contributed by atoms with E-state index in [4.69, 9.17) is 10.8 Å². The summed E-state index contributed by atoms with van der Waals surface area (Å²) in [6, 6.07) is -0.0876. The zero-order valence-corrected chi connectivity index (χ0v) is 19.2. The molecule has 3 aliphatic carbocycles. The number of fused-ring (bicyclic) bond motifs is 3. The number of benzene rings is 1. The minimum Gasteiger partial charge on any atom is -0.508 e. The van der Waals surface area contributed by atoms with E-state index < -0.39 is 69.6 Å². The second-order valence-corrected chi connectivity index (χ2v) is 9.51. The molecule has 1 fully saturated rings. The molecule has 35 heavy (non-hydrogen) atoms. The molecule has 0 aliphatic heterocycles. The first-order chi connectivity index (χ1) is 16.4. The molecular formula is C24H27FN2O8. The zero-order chi connectivity index (χ0) is 26.0. The maximum Gasteiger partial charge on any atom is 0.255 e. The number of ketones is 2. The summed E-state index contributed by atoms with van der Waals surface area (Å²) >= 11 is 0. The first kappa shape index (κ1) is 24.8. The van der Waals surface area contributed by atoms with Gasteiger partial charge in [0.25, 0.3) is 5.91 Å². The van der Waals surface area contributed by atoms with Crippen LogP contribution < -0.4 is 5.73 Å². The predicted molar refractivity (Wildman–Crippen MR) is 120 cm³/mol. The van der Waals surface area contributed by atoms with Gasteiger partial charge in [-0.15, -0.1) is 0 Å². The molecule has 10 nitrogen and oxygen atoms in total. The third kappa shape index (κ3) is 3.37. The molecule has 0 aromatic heterocycles. The number of phenols is 1. The van der Waals surface area contributed by atoms with Gasteiger partial charge in [0.05, 0.1) is 11.6 Å². The fourth-order valence-corrected chi connectivity index (χ4v) is 5.78. The van der Waals surface area contributed by atoms with Gasteiger partial charge in [-0.3, -0.25) is 19.3 Å². The number of amides is 1. The Kier molecular flexibility index (Phi) is 5.98. The Morgan fingerprint density at radius 2 is 1.91 bits per heavy atom. The van der Waals surface area contributed by atoms with Crippen LogP contribution in [0.3, 0.4) is 0 Å². The SMILES string of the molecule is CN(C)[C@@H]1C(=O)C(C(N)=O)=C(O)[C@@]2(O)C(=O)C3=C(O)c4c(O)c(CCCO)cc(F)c4C[C@H]3C[C@@H]12. The smallest absolute Gasteiger partial charge is 0.255 e. The van der Waals surface area contributed by atoms with Crippen LogP contribution >= 0.6 is 0 Å². The van der Waals surface area contributed by atoms with Crippen molar-refractivity contribution in [3.8, 4) is 5.75 Å². The van der Waals surface area contributed by atoms with Crippen molar-refractivity contribution in [1.29, 1.82) is 0 Å². The highest BCUT2D eigenvalue weighted by atomic mass is 19.1. The molecule has 0 unspecified atom stereocenters. The van der Waals surface area contributed by atoms with Gasteiger partial charge in [0.2, 0.25) is 5.78 Å². The zero-order valence-electron chi connectivity index (χ0n) is 19.2. The molecule has 4 rings (SSSR count). The van der Waals surface area contributed by atoms with Gasteiger partial charge in [-0.2, -0.15) is 0 Å². The average molecular weight is 490 g/mol. The van der Waals surface area contributed by atoms with Crippen LogP contribution in [0.4, 0.5) is 4.39 Å². The molecule has 11 heteroatoms. The number of likely N-dealkylation sites (N-methyl/N-ethyl adjacent to an activating group) is 1. The van der Waals surface area contributed by atoms with Crippen LogP contribution in [0.1, 0.15) is 29.5 Å². The number of rotatable bonds is 5. The molecule has 0 bridgehead atoms. The summed E-state index contributed by atoms with van der Waals surface area (Å²) in [4.78, 5) is 40.1. The molecule has 0 heterocycles. The van der Waals surface area contributed by atoms with E-state index in [0.29, 0.717) is 0 Å². The van der Waals surface area contributed by atoms with Crippen LogP contribution in [0.25, 0.3) is 5.76 Å². The van der Waals surface area contributed by atoms with Crippen molar-refractivity contribution < 1.29 is 44.3 Å². The summed E-state index contributed by atoms with van der Waals surface area (Å²) in [5.41, 5.74) is 1.10. The minimum absolute atomic E-state index is 0.0270. The molecular weight excluding hydrogens is 463 g/mol. The third-order valence-corrected chi connectivity index (χ3v) is 7.35. The van der Waals surface area contributed by atoms with Gasteiger partial charge in [-0.05, 0) is 57.3 Å². The van der Waals surface area contributed by atoms with Crippen molar-refractivity contribution in [1.82, 2.24) is 4.90 Å². The molecule has 4 atom stereocenters. The molecule has 1 saturated carbocycles. The Balaban J connectivity index is 1.95. The Labute approximate surface area is 199 Å². The molecule has 3 aliphatic rings. The lowest BCUT2D eigenvalue weighted by Gasteiger charge is -2.50. The topological polar surface area (TPSA) is 182 Å². The second kappa shape index (κ2) is 8.43. The molecule has 0 saturated heterocycles. The van der Waals surface area contributed by atoms with Crippen molar-refractivity contribution in [3.63, 3.8) is 0 Å². The van der Waals surface area contributed by atoms with E-state index in [0.717, 1.165) is 6.07 Å². The highest BCUT2D eigenvalue weighted by Gasteiger charge is 2.64. The maximum absolute atomic E-state index is 15.0. The van der Waals surface area contributed by atoms with Gasteiger partial charge in [0, 0.05) is 23.7 Å². The van der Waals surface area contributed by atoms with Crippen molar-refractivity contribution in [2.24, 2.45) is 17.6 Å². The van der Waals surface area contributed by atoms with Crippen LogP contribution in [0.2, 0.25) is 0 Å². The number of carbonyl (C=O) groups excluding carboxylic acids is 3. The number of aryl methyl sites for hydroxylation is 1. The lowest BCUT2D eigenvalue weighted by Crippen LogP contribution is -2.65. The first-order valence-electron chi connectivity index (χ1n) is 11.2. The van der Waals surface area contributed by atoms with Gasteiger partial charge in [-0.25, -0.2) is 4.39 Å². The lowest BCUT2D eigenvalue weighted by molar-refractivity contribution is -0.153. The maximum atomic E-state index is 15.0.